The van der Waals surface area contributed by atoms with Crippen LogP contribution in [0.2, 0.25) is 5.02 Å². The quantitative estimate of drug-likeness (QED) is 0.651. The summed E-state index contributed by atoms with van der Waals surface area (Å²) in [5.74, 6) is -2.30. The van der Waals surface area contributed by atoms with E-state index in [0.29, 0.717) is 0 Å². The van der Waals surface area contributed by atoms with Gasteiger partial charge >= 0.3 is 5.97 Å². The number of carbonyl (C=O) groups excluding carboxylic acids is 1. The fourth-order valence-corrected chi connectivity index (χ4v) is 1.80. The second-order valence-electron chi connectivity index (χ2n) is 3.14. The van der Waals surface area contributed by atoms with Crippen LogP contribution in [0.25, 0.3) is 0 Å². The fraction of sp³-hybridized carbons (Fsp3) is 0.200. The molecule has 1 aliphatic rings. The lowest BCUT2D eigenvalue weighted by atomic mass is 10.1. The Morgan fingerprint density at radius 1 is 1.47 bits per heavy atom. The van der Waals surface area contributed by atoms with Gasteiger partial charge in [-0.3, -0.25) is 4.79 Å². The number of Topliss-reactive ketones (excluding diaryl/α,β-unsaturated/α-hetero) is 1. The summed E-state index contributed by atoms with van der Waals surface area (Å²) in [5.41, 5.74) is -0.172. The Hall–Kier alpha value is -1.95. The number of hydrogen-bond acceptors (Lipinski definition) is 5. The molecule has 0 spiro atoms. The molecule has 7 heteroatoms. The van der Waals surface area contributed by atoms with Crippen LogP contribution in [0.3, 0.4) is 0 Å². The summed E-state index contributed by atoms with van der Waals surface area (Å²) in [6, 6.07) is 1.24. The number of carboxylic acids is 1. The first-order valence-corrected chi connectivity index (χ1v) is 4.87. The predicted molar refractivity (Wildman–Crippen MR) is 56.1 cm³/mol. The van der Waals surface area contributed by atoms with Crippen LogP contribution in [-0.4, -0.2) is 30.8 Å². The first-order valence-electron chi connectivity index (χ1n) is 4.50. The molecule has 1 aromatic rings. The minimum Gasteiger partial charge on any atom is -0.494 e. The number of halogens is 1. The van der Waals surface area contributed by atoms with Gasteiger partial charge in [0.2, 0.25) is 6.79 Å². The van der Waals surface area contributed by atoms with E-state index in [4.69, 9.17) is 30.9 Å². The van der Waals surface area contributed by atoms with Crippen LogP contribution in [0.15, 0.2) is 6.07 Å². The molecule has 2 rings (SSSR count). The van der Waals surface area contributed by atoms with E-state index in [2.05, 4.69) is 0 Å². The van der Waals surface area contributed by atoms with Gasteiger partial charge in [-0.2, -0.15) is 0 Å². The second-order valence-corrected chi connectivity index (χ2v) is 3.52. The van der Waals surface area contributed by atoms with Crippen molar-refractivity contribution in [3.63, 3.8) is 0 Å². The molecule has 0 atom stereocenters. The zero-order chi connectivity index (χ0) is 12.6. The van der Waals surface area contributed by atoms with Crippen LogP contribution >= 0.6 is 11.6 Å². The van der Waals surface area contributed by atoms with E-state index in [1.54, 1.807) is 0 Å². The Morgan fingerprint density at radius 2 is 2.18 bits per heavy atom. The lowest BCUT2D eigenvalue weighted by Crippen LogP contribution is -2.14. The van der Waals surface area contributed by atoms with E-state index < -0.39 is 11.8 Å². The van der Waals surface area contributed by atoms with Crippen molar-refractivity contribution in [2.75, 3.05) is 13.9 Å². The Morgan fingerprint density at radius 3 is 2.76 bits per heavy atom. The molecule has 0 aromatic heterocycles. The molecule has 1 N–H and O–H groups in total. The number of hydrogen-bond donors (Lipinski definition) is 1. The molecular formula is C10H7ClO6. The lowest BCUT2D eigenvalue weighted by molar-refractivity contribution is -0.131. The monoisotopic (exact) mass is 258 g/mol. The van der Waals surface area contributed by atoms with Gasteiger partial charge in [0, 0.05) is 0 Å². The number of benzene rings is 1. The van der Waals surface area contributed by atoms with Crippen molar-refractivity contribution in [1.29, 1.82) is 0 Å². The third-order valence-electron chi connectivity index (χ3n) is 2.20. The summed E-state index contributed by atoms with van der Waals surface area (Å²) in [6.07, 6.45) is 0. The van der Waals surface area contributed by atoms with Crippen molar-refractivity contribution >= 4 is 23.4 Å². The van der Waals surface area contributed by atoms with Gasteiger partial charge in [-0.25, -0.2) is 4.79 Å². The minimum atomic E-state index is -1.60. The molecule has 1 aromatic carbocycles. The van der Waals surface area contributed by atoms with Crippen molar-refractivity contribution in [3.05, 3.63) is 16.7 Å². The molecule has 0 unspecified atom stereocenters. The van der Waals surface area contributed by atoms with Crippen LogP contribution in [0.1, 0.15) is 10.4 Å². The van der Waals surface area contributed by atoms with Gasteiger partial charge in [-0.15, -0.1) is 0 Å². The van der Waals surface area contributed by atoms with Crippen molar-refractivity contribution in [3.8, 4) is 17.2 Å². The van der Waals surface area contributed by atoms with Gasteiger partial charge in [0.15, 0.2) is 17.2 Å². The summed E-state index contributed by atoms with van der Waals surface area (Å²) in [7, 11) is 1.28. The van der Waals surface area contributed by atoms with Crippen LogP contribution in [0.4, 0.5) is 0 Å². The number of ketones is 1. The number of carbonyl (C=O) groups is 2. The molecule has 0 radical (unpaired) electrons. The highest BCUT2D eigenvalue weighted by Gasteiger charge is 2.29. The van der Waals surface area contributed by atoms with E-state index >= 15 is 0 Å². The van der Waals surface area contributed by atoms with Crippen molar-refractivity contribution in [1.82, 2.24) is 0 Å². The summed E-state index contributed by atoms with van der Waals surface area (Å²) < 4.78 is 15.0. The van der Waals surface area contributed by atoms with E-state index in [0.717, 1.165) is 0 Å². The van der Waals surface area contributed by atoms with E-state index in [1.807, 2.05) is 0 Å². The molecule has 0 saturated carbocycles. The van der Waals surface area contributed by atoms with Crippen molar-refractivity contribution in [2.24, 2.45) is 0 Å². The highest BCUT2D eigenvalue weighted by atomic mass is 35.5. The van der Waals surface area contributed by atoms with Crippen molar-refractivity contribution < 1.29 is 28.9 Å². The van der Waals surface area contributed by atoms with E-state index in [9.17, 15) is 9.59 Å². The molecule has 90 valence electrons. The average molecular weight is 259 g/mol. The first kappa shape index (κ1) is 11.5. The summed E-state index contributed by atoms with van der Waals surface area (Å²) in [5, 5.41) is 8.70. The number of carboxylic acid groups (broad SMARTS) is 1. The van der Waals surface area contributed by atoms with Crippen LogP contribution in [-0.2, 0) is 4.79 Å². The number of methoxy groups -OCH3 is 1. The maximum Gasteiger partial charge on any atom is 0.377 e. The van der Waals surface area contributed by atoms with Gasteiger partial charge in [0.25, 0.3) is 5.78 Å². The maximum atomic E-state index is 11.4. The van der Waals surface area contributed by atoms with Crippen LogP contribution in [0, 0.1) is 0 Å². The van der Waals surface area contributed by atoms with Crippen LogP contribution < -0.4 is 14.2 Å². The Bertz CT molecular complexity index is 510. The number of fused-ring (bicyclic) bond motifs is 1. The molecule has 6 nitrogen and oxygen atoms in total. The topological polar surface area (TPSA) is 82.1 Å². The van der Waals surface area contributed by atoms with Gasteiger partial charge < -0.3 is 19.3 Å². The normalized spacial score (nSPS) is 12.4. The summed E-state index contributed by atoms with van der Waals surface area (Å²) in [4.78, 5) is 22.1. The predicted octanol–water partition coefficient (Wildman–Crippen LogP) is 1.34. The molecule has 0 fully saturated rings. The first-order chi connectivity index (χ1) is 8.06. The average Bonchev–Trinajstić information content (AvgIpc) is 2.76. The molecular weight excluding hydrogens is 252 g/mol. The van der Waals surface area contributed by atoms with Crippen LogP contribution in [0.5, 0.6) is 17.2 Å². The summed E-state index contributed by atoms with van der Waals surface area (Å²) in [6.45, 7) is -0.0388. The van der Waals surface area contributed by atoms with Crippen molar-refractivity contribution in [2.45, 2.75) is 0 Å². The fourth-order valence-electron chi connectivity index (χ4n) is 1.47. The Balaban J connectivity index is 2.63. The molecule has 0 saturated heterocycles. The molecule has 1 heterocycles. The van der Waals surface area contributed by atoms with Gasteiger partial charge in [0.05, 0.1) is 12.7 Å². The highest BCUT2D eigenvalue weighted by molar-refractivity contribution is 6.42. The molecule has 1 aliphatic heterocycles. The maximum absolute atomic E-state index is 11.4. The number of aliphatic carboxylic acids is 1. The second kappa shape index (κ2) is 4.14. The van der Waals surface area contributed by atoms with Gasteiger partial charge in [-0.1, -0.05) is 11.6 Å². The standard InChI is InChI=1S/C10H7ClO6/c1-15-8-4(7(12)10(13)14)2-5-9(6(8)11)17-3-16-5/h2H,3H2,1H3,(H,13,14). The Kier molecular flexibility index (Phi) is 2.81. The third kappa shape index (κ3) is 1.76. The Labute approximate surface area is 101 Å². The minimum absolute atomic E-state index is 0.0205. The summed E-state index contributed by atoms with van der Waals surface area (Å²) >= 11 is 5.93. The van der Waals surface area contributed by atoms with E-state index in [1.165, 1.54) is 13.2 Å². The molecule has 0 amide bonds. The van der Waals surface area contributed by atoms with E-state index in [-0.39, 0.29) is 34.6 Å². The molecule has 17 heavy (non-hydrogen) atoms. The number of ether oxygens (including phenoxy) is 3. The van der Waals surface area contributed by atoms with Gasteiger partial charge in [-0.05, 0) is 6.07 Å². The third-order valence-corrected chi connectivity index (χ3v) is 2.55. The molecule has 0 bridgehead atoms. The highest BCUT2D eigenvalue weighted by Crippen LogP contribution is 2.46. The van der Waals surface area contributed by atoms with Gasteiger partial charge in [0.1, 0.15) is 5.02 Å². The smallest absolute Gasteiger partial charge is 0.377 e. The number of rotatable bonds is 3. The zero-order valence-corrected chi connectivity index (χ0v) is 9.41. The zero-order valence-electron chi connectivity index (χ0n) is 8.65. The molecule has 0 aliphatic carbocycles. The lowest BCUT2D eigenvalue weighted by Gasteiger charge is -2.09. The largest absolute Gasteiger partial charge is 0.494 e. The SMILES string of the molecule is COc1c(C(=O)C(=O)O)cc2c(c1Cl)OCO2.